The van der Waals surface area contributed by atoms with E-state index in [2.05, 4.69) is 44.5 Å². The summed E-state index contributed by atoms with van der Waals surface area (Å²) < 4.78 is 0. The predicted molar refractivity (Wildman–Crippen MR) is 141 cm³/mol. The molecule has 172 valence electrons. The lowest BCUT2D eigenvalue weighted by atomic mass is 10.0. The van der Waals surface area contributed by atoms with Gasteiger partial charge in [0.15, 0.2) is 0 Å². The number of nitrogens with zero attached hydrogens (tertiary/aromatic N) is 3. The number of rotatable bonds is 7. The molecule has 0 radical (unpaired) electrons. The normalized spacial score (nSPS) is 10.7. The Balaban J connectivity index is 1.51. The molecule has 2 aromatic carbocycles. The summed E-state index contributed by atoms with van der Waals surface area (Å²) in [6.45, 7) is 2.41. The zero-order valence-corrected chi connectivity index (χ0v) is 20.7. The minimum absolute atomic E-state index is 0.101. The number of carbonyl (C=O) groups excluding carboxylic acids is 1. The Labute approximate surface area is 205 Å². The monoisotopic (exact) mass is 468 g/mol. The number of pyridine rings is 2. The van der Waals surface area contributed by atoms with Crippen LogP contribution in [0.1, 0.15) is 21.6 Å². The van der Waals surface area contributed by atoms with Gasteiger partial charge >= 0.3 is 0 Å². The van der Waals surface area contributed by atoms with E-state index in [1.54, 1.807) is 18.0 Å². The van der Waals surface area contributed by atoms with E-state index in [1.165, 1.54) is 5.56 Å². The maximum Gasteiger partial charge on any atom is 0.251 e. The van der Waals surface area contributed by atoms with Gasteiger partial charge in [0.25, 0.3) is 5.91 Å². The van der Waals surface area contributed by atoms with Crippen LogP contribution in [-0.4, -0.2) is 36.2 Å². The van der Waals surface area contributed by atoms with E-state index in [0.717, 1.165) is 38.7 Å². The molecule has 2 heterocycles. The first kappa shape index (κ1) is 23.5. The van der Waals surface area contributed by atoms with Crippen LogP contribution in [0.3, 0.4) is 0 Å². The van der Waals surface area contributed by atoms with E-state index in [4.69, 9.17) is 0 Å². The number of aryl methyl sites for hydroxylation is 1. The molecule has 2 aromatic heterocycles. The quantitative estimate of drug-likeness (QED) is 0.346. The van der Waals surface area contributed by atoms with Crippen molar-refractivity contribution in [1.82, 2.24) is 15.3 Å². The number of thioether (sulfide) groups is 1. The second-order valence-corrected chi connectivity index (χ2v) is 9.13. The molecule has 0 saturated heterocycles. The van der Waals surface area contributed by atoms with Crippen LogP contribution in [0.25, 0.3) is 22.4 Å². The van der Waals surface area contributed by atoms with Crippen LogP contribution in [0.5, 0.6) is 0 Å². The highest BCUT2D eigenvalue weighted by Crippen LogP contribution is 2.27. The molecule has 0 bridgehead atoms. The molecule has 0 spiro atoms. The molecule has 0 aliphatic carbocycles. The Hall–Kier alpha value is -3.64. The molecule has 0 aliphatic heterocycles. The summed E-state index contributed by atoms with van der Waals surface area (Å²) in [6.07, 6.45) is 5.64. The first-order chi connectivity index (χ1) is 16.4. The third-order valence-electron chi connectivity index (χ3n) is 5.67. The highest BCUT2D eigenvalue weighted by molar-refractivity contribution is 7.98. The maximum atomic E-state index is 12.7. The largest absolute Gasteiger partial charge is 0.378 e. The minimum atomic E-state index is -0.101. The predicted octanol–water partition coefficient (Wildman–Crippen LogP) is 5.84. The van der Waals surface area contributed by atoms with E-state index in [9.17, 15) is 4.79 Å². The van der Waals surface area contributed by atoms with Gasteiger partial charge < -0.3 is 10.2 Å². The van der Waals surface area contributed by atoms with E-state index >= 15 is 0 Å². The fraction of sp³-hybridized carbons (Fsp3) is 0.179. The lowest BCUT2D eigenvalue weighted by molar-refractivity contribution is 0.0950. The van der Waals surface area contributed by atoms with E-state index in [1.807, 2.05) is 75.9 Å². The van der Waals surface area contributed by atoms with Gasteiger partial charge in [-0.05, 0) is 72.3 Å². The summed E-state index contributed by atoms with van der Waals surface area (Å²) >= 11 is 1.64. The summed E-state index contributed by atoms with van der Waals surface area (Å²) in [5.74, 6) is -0.101. The molecular weight excluding hydrogens is 440 g/mol. The number of benzene rings is 2. The van der Waals surface area contributed by atoms with Crippen molar-refractivity contribution in [3.05, 3.63) is 95.9 Å². The molecule has 4 aromatic rings. The summed E-state index contributed by atoms with van der Waals surface area (Å²) in [4.78, 5) is 24.9. The molecule has 6 heteroatoms. The number of carbonyl (C=O) groups is 1. The lowest BCUT2D eigenvalue weighted by Gasteiger charge is -2.13. The standard InChI is InChI=1S/C28H28N4OS/c1-19-8-9-23(16-27(19)34-4)28(33)31-18-24-15-21(10-12-29-24)20-6-5-7-22(14-20)26-17-25(32(2)3)11-13-30-26/h5-17H,18H2,1-4H3,(H,31,33). The molecule has 0 aliphatic rings. The second kappa shape index (κ2) is 10.5. The van der Waals surface area contributed by atoms with Crippen molar-refractivity contribution in [2.75, 3.05) is 25.3 Å². The Morgan fingerprint density at radius 2 is 1.68 bits per heavy atom. The van der Waals surface area contributed by atoms with Gasteiger partial charge in [-0.15, -0.1) is 11.8 Å². The van der Waals surface area contributed by atoms with Gasteiger partial charge in [0.2, 0.25) is 0 Å². The summed E-state index contributed by atoms with van der Waals surface area (Å²) in [7, 11) is 4.04. The number of hydrogen-bond donors (Lipinski definition) is 1. The second-order valence-electron chi connectivity index (χ2n) is 8.28. The van der Waals surface area contributed by atoms with Crippen LogP contribution in [0.2, 0.25) is 0 Å². The molecule has 0 atom stereocenters. The number of amides is 1. The Bertz CT molecular complexity index is 1320. The van der Waals surface area contributed by atoms with Crippen LogP contribution in [0.15, 0.2) is 84.0 Å². The van der Waals surface area contributed by atoms with Gasteiger partial charge in [-0.2, -0.15) is 0 Å². The van der Waals surface area contributed by atoms with Crippen LogP contribution in [-0.2, 0) is 6.54 Å². The summed E-state index contributed by atoms with van der Waals surface area (Å²) in [5.41, 5.74) is 7.85. The molecule has 34 heavy (non-hydrogen) atoms. The fourth-order valence-corrected chi connectivity index (χ4v) is 4.34. The third-order valence-corrected chi connectivity index (χ3v) is 6.55. The number of aromatic nitrogens is 2. The van der Waals surface area contributed by atoms with Crippen molar-refractivity contribution in [3.8, 4) is 22.4 Å². The van der Waals surface area contributed by atoms with Gasteiger partial charge in [0, 0.05) is 48.2 Å². The van der Waals surface area contributed by atoms with Gasteiger partial charge in [-0.3, -0.25) is 14.8 Å². The van der Waals surface area contributed by atoms with Crippen LogP contribution >= 0.6 is 11.8 Å². The molecule has 1 amide bonds. The van der Waals surface area contributed by atoms with Gasteiger partial charge in [-0.1, -0.05) is 24.3 Å². The number of anilines is 1. The fourth-order valence-electron chi connectivity index (χ4n) is 3.70. The number of hydrogen-bond acceptors (Lipinski definition) is 5. The number of nitrogens with one attached hydrogen (secondary N) is 1. The topological polar surface area (TPSA) is 58.1 Å². The lowest BCUT2D eigenvalue weighted by Crippen LogP contribution is -2.23. The SMILES string of the molecule is CSc1cc(C(=O)NCc2cc(-c3cccc(-c4cc(N(C)C)ccn4)c3)ccn2)ccc1C. The van der Waals surface area contributed by atoms with Crippen LogP contribution < -0.4 is 10.2 Å². The molecule has 5 nitrogen and oxygen atoms in total. The van der Waals surface area contributed by atoms with Crippen LogP contribution in [0, 0.1) is 6.92 Å². The molecule has 0 saturated carbocycles. The van der Waals surface area contributed by atoms with E-state index in [0.29, 0.717) is 12.1 Å². The van der Waals surface area contributed by atoms with Crippen molar-refractivity contribution in [2.45, 2.75) is 18.4 Å². The van der Waals surface area contributed by atoms with E-state index < -0.39 is 0 Å². The zero-order valence-electron chi connectivity index (χ0n) is 19.9. The smallest absolute Gasteiger partial charge is 0.251 e. The Morgan fingerprint density at radius 3 is 2.47 bits per heavy atom. The Kier molecular flexibility index (Phi) is 7.28. The average Bonchev–Trinajstić information content (AvgIpc) is 2.88. The Morgan fingerprint density at radius 1 is 0.912 bits per heavy atom. The van der Waals surface area contributed by atoms with Crippen molar-refractivity contribution >= 4 is 23.4 Å². The van der Waals surface area contributed by atoms with Crippen molar-refractivity contribution in [2.24, 2.45) is 0 Å². The zero-order chi connectivity index (χ0) is 24.1. The van der Waals surface area contributed by atoms with Crippen molar-refractivity contribution in [1.29, 1.82) is 0 Å². The first-order valence-corrected chi connectivity index (χ1v) is 12.3. The maximum absolute atomic E-state index is 12.7. The summed E-state index contributed by atoms with van der Waals surface area (Å²) in [6, 6.07) is 22.2. The van der Waals surface area contributed by atoms with Crippen molar-refractivity contribution in [3.63, 3.8) is 0 Å². The van der Waals surface area contributed by atoms with E-state index in [-0.39, 0.29) is 5.91 Å². The van der Waals surface area contributed by atoms with Gasteiger partial charge in [0.1, 0.15) is 0 Å². The molecular formula is C28H28N4OS. The average molecular weight is 469 g/mol. The van der Waals surface area contributed by atoms with Crippen molar-refractivity contribution < 1.29 is 4.79 Å². The first-order valence-electron chi connectivity index (χ1n) is 11.1. The molecule has 0 unspecified atom stereocenters. The van der Waals surface area contributed by atoms with Gasteiger partial charge in [-0.25, -0.2) is 0 Å². The van der Waals surface area contributed by atoms with Gasteiger partial charge in [0.05, 0.1) is 17.9 Å². The third kappa shape index (κ3) is 5.46. The highest BCUT2D eigenvalue weighted by atomic mass is 32.2. The molecule has 0 fully saturated rings. The molecule has 1 N–H and O–H groups in total. The summed E-state index contributed by atoms with van der Waals surface area (Å²) in [5, 5.41) is 2.99. The molecule has 4 rings (SSSR count). The minimum Gasteiger partial charge on any atom is -0.378 e. The highest BCUT2D eigenvalue weighted by Gasteiger charge is 2.10. The van der Waals surface area contributed by atoms with Crippen LogP contribution in [0.4, 0.5) is 5.69 Å².